The summed E-state index contributed by atoms with van der Waals surface area (Å²) in [6, 6.07) is 5.48. The van der Waals surface area contributed by atoms with E-state index in [-0.39, 0.29) is 0 Å². The molecular weight excluding hydrogens is 385 g/mol. The molecule has 1 aromatic heterocycles. The van der Waals surface area contributed by atoms with Crippen molar-refractivity contribution in [2.75, 3.05) is 10.7 Å². The molecule has 0 fully saturated rings. The van der Waals surface area contributed by atoms with Crippen LogP contribution in [-0.2, 0) is 0 Å². The van der Waals surface area contributed by atoms with Crippen molar-refractivity contribution < 1.29 is 0 Å². The Hall–Kier alpha value is -0.890. The molecule has 0 aliphatic rings. The van der Waals surface area contributed by atoms with E-state index in [0.29, 0.717) is 21.1 Å². The van der Waals surface area contributed by atoms with Crippen molar-refractivity contribution in [2.45, 2.75) is 0 Å². The first-order valence-corrected chi connectivity index (χ1v) is 6.77. The lowest BCUT2D eigenvalue weighted by molar-refractivity contribution is 1.12. The normalized spacial score (nSPS) is 10.2. The fourth-order valence-electron chi connectivity index (χ4n) is 1.27. The lowest BCUT2D eigenvalue weighted by Gasteiger charge is -2.10. The van der Waals surface area contributed by atoms with Gasteiger partial charge in [-0.25, -0.2) is 15.8 Å². The maximum Gasteiger partial charge on any atom is 0.159 e. The number of nitrogens with one attached hydrogen (secondary N) is 2. The highest BCUT2D eigenvalue weighted by Gasteiger charge is 2.08. The van der Waals surface area contributed by atoms with Gasteiger partial charge in [-0.3, -0.25) is 0 Å². The first-order valence-electron chi connectivity index (χ1n) is 4.81. The minimum atomic E-state index is 0.500. The zero-order valence-electron chi connectivity index (χ0n) is 8.92. The van der Waals surface area contributed by atoms with Crippen molar-refractivity contribution in [3.05, 3.63) is 38.5 Å². The molecule has 0 unspecified atom stereocenters. The van der Waals surface area contributed by atoms with E-state index in [1.807, 2.05) is 12.1 Å². The first kappa shape index (κ1) is 13.5. The van der Waals surface area contributed by atoms with Crippen LogP contribution in [-0.4, -0.2) is 9.97 Å². The summed E-state index contributed by atoms with van der Waals surface area (Å²) in [5.41, 5.74) is 3.31. The number of aromatic nitrogens is 2. The molecule has 0 aliphatic heterocycles. The summed E-state index contributed by atoms with van der Waals surface area (Å²) in [5, 5.41) is 3.78. The van der Waals surface area contributed by atoms with Crippen LogP contribution >= 0.6 is 43.5 Å². The molecule has 0 amide bonds. The molecule has 0 aliphatic carbocycles. The molecule has 0 radical (unpaired) electrons. The number of nitrogens with two attached hydrogens (primary N) is 1. The highest BCUT2D eigenvalue weighted by Crippen LogP contribution is 2.31. The van der Waals surface area contributed by atoms with Gasteiger partial charge in [0.1, 0.15) is 16.6 Å². The Kier molecular flexibility index (Phi) is 4.39. The van der Waals surface area contributed by atoms with Crippen molar-refractivity contribution >= 4 is 60.8 Å². The number of anilines is 3. The first-order chi connectivity index (χ1) is 8.61. The highest BCUT2D eigenvalue weighted by atomic mass is 79.9. The number of hydrogen-bond acceptors (Lipinski definition) is 5. The molecule has 2 rings (SSSR count). The van der Waals surface area contributed by atoms with Gasteiger partial charge in [0, 0.05) is 10.2 Å². The summed E-state index contributed by atoms with van der Waals surface area (Å²) in [6.45, 7) is 0. The summed E-state index contributed by atoms with van der Waals surface area (Å²) in [7, 11) is 0. The smallest absolute Gasteiger partial charge is 0.159 e. The topological polar surface area (TPSA) is 75.9 Å². The molecular formula is C10H8Br2ClN5. The average Bonchev–Trinajstić information content (AvgIpc) is 2.36. The standard InChI is InChI=1S/C10H8Br2ClN5/c11-6-3-5(1-2-7(6)13)17-9-8(12)10(18-14)16-4-15-9/h1-4H,14H2,(H2,15,16,17,18). The van der Waals surface area contributed by atoms with Crippen molar-refractivity contribution in [3.8, 4) is 0 Å². The van der Waals surface area contributed by atoms with Crippen LogP contribution in [0.1, 0.15) is 0 Å². The molecule has 0 saturated heterocycles. The van der Waals surface area contributed by atoms with E-state index >= 15 is 0 Å². The Balaban J connectivity index is 2.31. The van der Waals surface area contributed by atoms with E-state index in [0.717, 1.165) is 10.2 Å². The number of halogens is 3. The Morgan fingerprint density at radius 3 is 2.56 bits per heavy atom. The van der Waals surface area contributed by atoms with Crippen molar-refractivity contribution in [2.24, 2.45) is 5.84 Å². The molecule has 0 saturated carbocycles. The maximum atomic E-state index is 5.93. The number of nitrogens with zero attached hydrogens (tertiary/aromatic N) is 2. The number of nitrogen functional groups attached to an aromatic ring is 1. The monoisotopic (exact) mass is 391 g/mol. The Labute approximate surface area is 125 Å². The van der Waals surface area contributed by atoms with Crippen LogP contribution in [0.3, 0.4) is 0 Å². The Bertz CT molecular complexity index is 578. The number of hydrazine groups is 1. The third kappa shape index (κ3) is 2.92. The van der Waals surface area contributed by atoms with Gasteiger partial charge in [-0.2, -0.15) is 0 Å². The molecule has 0 bridgehead atoms. The minimum absolute atomic E-state index is 0.500. The minimum Gasteiger partial charge on any atom is -0.339 e. The maximum absolute atomic E-state index is 5.93. The van der Waals surface area contributed by atoms with Gasteiger partial charge >= 0.3 is 0 Å². The van der Waals surface area contributed by atoms with Gasteiger partial charge in [-0.1, -0.05) is 11.6 Å². The SMILES string of the molecule is NNc1ncnc(Nc2ccc(Cl)c(Br)c2)c1Br. The number of rotatable bonds is 3. The van der Waals surface area contributed by atoms with E-state index in [4.69, 9.17) is 17.4 Å². The zero-order valence-corrected chi connectivity index (χ0v) is 12.8. The van der Waals surface area contributed by atoms with Crippen molar-refractivity contribution in [1.82, 2.24) is 9.97 Å². The van der Waals surface area contributed by atoms with Crippen LogP contribution in [0.15, 0.2) is 33.5 Å². The third-order valence-electron chi connectivity index (χ3n) is 2.11. The third-order valence-corrected chi connectivity index (χ3v) is 4.07. The Morgan fingerprint density at radius 2 is 1.89 bits per heavy atom. The van der Waals surface area contributed by atoms with Crippen LogP contribution in [0, 0.1) is 0 Å². The van der Waals surface area contributed by atoms with Gasteiger partial charge in [-0.05, 0) is 50.1 Å². The summed E-state index contributed by atoms with van der Waals surface area (Å²) in [4.78, 5) is 8.09. The fraction of sp³-hybridized carbons (Fsp3) is 0. The number of benzene rings is 1. The van der Waals surface area contributed by atoms with E-state index < -0.39 is 0 Å². The van der Waals surface area contributed by atoms with Gasteiger partial charge in [0.15, 0.2) is 5.82 Å². The highest BCUT2D eigenvalue weighted by molar-refractivity contribution is 9.11. The molecule has 8 heteroatoms. The van der Waals surface area contributed by atoms with Crippen LogP contribution in [0.25, 0.3) is 0 Å². The van der Waals surface area contributed by atoms with Crippen LogP contribution in [0.4, 0.5) is 17.3 Å². The van der Waals surface area contributed by atoms with Gasteiger partial charge in [0.25, 0.3) is 0 Å². The zero-order chi connectivity index (χ0) is 13.1. The molecule has 94 valence electrons. The van der Waals surface area contributed by atoms with E-state index in [2.05, 4.69) is 52.6 Å². The molecule has 1 aromatic carbocycles. The second kappa shape index (κ2) is 5.83. The summed E-state index contributed by atoms with van der Waals surface area (Å²) >= 11 is 12.6. The second-order valence-electron chi connectivity index (χ2n) is 3.28. The lowest BCUT2D eigenvalue weighted by Crippen LogP contribution is -2.10. The summed E-state index contributed by atoms with van der Waals surface area (Å²) in [5.74, 6) is 6.44. The second-order valence-corrected chi connectivity index (χ2v) is 5.34. The van der Waals surface area contributed by atoms with Crippen molar-refractivity contribution in [3.63, 3.8) is 0 Å². The molecule has 4 N–H and O–H groups in total. The van der Waals surface area contributed by atoms with Gasteiger partial charge in [0.2, 0.25) is 0 Å². The largest absolute Gasteiger partial charge is 0.339 e. The van der Waals surface area contributed by atoms with E-state index in [1.54, 1.807) is 6.07 Å². The van der Waals surface area contributed by atoms with Gasteiger partial charge in [0.05, 0.1) is 5.02 Å². The molecule has 18 heavy (non-hydrogen) atoms. The molecule has 5 nitrogen and oxygen atoms in total. The predicted octanol–water partition coefficient (Wildman–Crippen LogP) is 3.68. The number of hydrogen-bond donors (Lipinski definition) is 3. The van der Waals surface area contributed by atoms with Crippen LogP contribution in [0.2, 0.25) is 5.02 Å². The molecule has 1 heterocycles. The van der Waals surface area contributed by atoms with Crippen molar-refractivity contribution in [1.29, 1.82) is 0 Å². The lowest BCUT2D eigenvalue weighted by atomic mass is 10.3. The summed E-state index contributed by atoms with van der Waals surface area (Å²) < 4.78 is 1.45. The predicted molar refractivity (Wildman–Crippen MR) is 80.0 cm³/mol. The van der Waals surface area contributed by atoms with E-state index in [9.17, 15) is 0 Å². The van der Waals surface area contributed by atoms with Crippen LogP contribution < -0.4 is 16.6 Å². The van der Waals surface area contributed by atoms with Gasteiger partial charge in [-0.15, -0.1) is 0 Å². The summed E-state index contributed by atoms with van der Waals surface area (Å²) in [6.07, 6.45) is 1.41. The molecule has 0 atom stereocenters. The molecule has 0 spiro atoms. The van der Waals surface area contributed by atoms with Crippen LogP contribution in [0.5, 0.6) is 0 Å². The average molecular weight is 393 g/mol. The van der Waals surface area contributed by atoms with E-state index in [1.165, 1.54) is 6.33 Å². The fourth-order valence-corrected chi connectivity index (χ4v) is 2.18. The quantitative estimate of drug-likeness (QED) is 0.548. The Morgan fingerprint density at radius 1 is 1.17 bits per heavy atom. The van der Waals surface area contributed by atoms with Gasteiger partial charge < -0.3 is 10.7 Å². The molecule has 2 aromatic rings.